The van der Waals surface area contributed by atoms with Gasteiger partial charge >= 0.3 is 0 Å². The van der Waals surface area contributed by atoms with Crippen molar-refractivity contribution in [2.24, 2.45) is 5.41 Å². The lowest BCUT2D eigenvalue weighted by Crippen LogP contribution is -2.36. The van der Waals surface area contributed by atoms with Crippen molar-refractivity contribution < 1.29 is 14.3 Å². The van der Waals surface area contributed by atoms with Gasteiger partial charge in [-0.25, -0.2) is 0 Å². The number of anilines is 2. The zero-order chi connectivity index (χ0) is 21.2. The molecule has 0 bridgehead atoms. The summed E-state index contributed by atoms with van der Waals surface area (Å²) in [6, 6.07) is 13.3. The van der Waals surface area contributed by atoms with E-state index in [0.717, 1.165) is 16.8 Å². The van der Waals surface area contributed by atoms with E-state index in [1.165, 1.54) is 0 Å². The third-order valence-corrected chi connectivity index (χ3v) is 5.56. The minimum Gasteiger partial charge on any atom is -0.497 e. The summed E-state index contributed by atoms with van der Waals surface area (Å²) in [5, 5.41) is 5.99. The lowest BCUT2D eigenvalue weighted by molar-refractivity contribution is -0.131. The monoisotopic (exact) mass is 394 g/mol. The quantitative estimate of drug-likeness (QED) is 0.626. The maximum absolute atomic E-state index is 13.2. The van der Waals surface area contributed by atoms with Crippen LogP contribution in [0.2, 0.25) is 0 Å². The van der Waals surface area contributed by atoms with Crippen LogP contribution >= 0.6 is 0 Å². The number of hydrogen-bond donors (Lipinski definition) is 2. The third kappa shape index (κ3) is 4.29. The van der Waals surface area contributed by atoms with Gasteiger partial charge in [0.25, 0.3) is 0 Å². The SMILES string of the molecule is COc1cccc(NC(=O)C2(C(=O)Nc3c(C(C)C)cccc3C(C)C)CC2)c1. The molecule has 2 N–H and O–H groups in total. The topological polar surface area (TPSA) is 67.4 Å². The number of nitrogens with one attached hydrogen (secondary N) is 2. The van der Waals surface area contributed by atoms with Crippen molar-refractivity contribution >= 4 is 23.2 Å². The van der Waals surface area contributed by atoms with Crippen LogP contribution in [0.1, 0.15) is 63.5 Å². The van der Waals surface area contributed by atoms with Crippen LogP contribution in [-0.4, -0.2) is 18.9 Å². The highest BCUT2D eigenvalue weighted by Crippen LogP contribution is 2.48. The molecule has 0 atom stereocenters. The van der Waals surface area contributed by atoms with E-state index in [9.17, 15) is 9.59 Å². The number of amides is 2. The Morgan fingerprint density at radius 3 is 1.97 bits per heavy atom. The molecule has 1 aliphatic carbocycles. The van der Waals surface area contributed by atoms with Crippen LogP contribution in [0.4, 0.5) is 11.4 Å². The van der Waals surface area contributed by atoms with E-state index in [2.05, 4.69) is 38.3 Å². The molecular formula is C24H30N2O3. The van der Waals surface area contributed by atoms with Crippen molar-refractivity contribution in [1.29, 1.82) is 0 Å². The molecule has 0 radical (unpaired) electrons. The molecule has 0 aliphatic heterocycles. The first-order valence-corrected chi connectivity index (χ1v) is 10.2. The Balaban J connectivity index is 1.83. The average molecular weight is 395 g/mol. The zero-order valence-electron chi connectivity index (χ0n) is 17.8. The Bertz CT molecular complexity index is 888. The highest BCUT2D eigenvalue weighted by atomic mass is 16.5. The van der Waals surface area contributed by atoms with Crippen LogP contribution in [-0.2, 0) is 9.59 Å². The number of hydrogen-bond acceptors (Lipinski definition) is 3. The summed E-state index contributed by atoms with van der Waals surface area (Å²) < 4.78 is 5.20. The van der Waals surface area contributed by atoms with Gasteiger partial charge in [-0.15, -0.1) is 0 Å². The Kier molecular flexibility index (Phi) is 5.96. The maximum Gasteiger partial charge on any atom is 0.240 e. The molecule has 1 fully saturated rings. The van der Waals surface area contributed by atoms with Gasteiger partial charge < -0.3 is 15.4 Å². The van der Waals surface area contributed by atoms with Gasteiger partial charge in [-0.2, -0.15) is 0 Å². The molecule has 0 spiro atoms. The summed E-state index contributed by atoms with van der Waals surface area (Å²) in [5.41, 5.74) is 2.64. The fourth-order valence-electron chi connectivity index (χ4n) is 3.56. The number of para-hydroxylation sites is 1. The molecule has 1 saturated carbocycles. The molecule has 0 heterocycles. The molecular weight excluding hydrogens is 364 g/mol. The van der Waals surface area contributed by atoms with E-state index in [0.29, 0.717) is 24.3 Å². The smallest absolute Gasteiger partial charge is 0.240 e. The van der Waals surface area contributed by atoms with Gasteiger partial charge in [-0.05, 0) is 47.9 Å². The molecule has 29 heavy (non-hydrogen) atoms. The molecule has 2 aromatic rings. The summed E-state index contributed by atoms with van der Waals surface area (Å²) in [7, 11) is 1.58. The highest BCUT2D eigenvalue weighted by molar-refractivity contribution is 6.17. The van der Waals surface area contributed by atoms with Crippen molar-refractivity contribution in [3.8, 4) is 5.75 Å². The first-order chi connectivity index (χ1) is 13.8. The summed E-state index contributed by atoms with van der Waals surface area (Å²) in [6.07, 6.45) is 1.10. The van der Waals surface area contributed by atoms with E-state index in [-0.39, 0.29) is 23.7 Å². The molecule has 154 valence electrons. The second-order valence-electron chi connectivity index (χ2n) is 8.34. The number of carbonyl (C=O) groups is 2. The van der Waals surface area contributed by atoms with Crippen molar-refractivity contribution in [1.82, 2.24) is 0 Å². The van der Waals surface area contributed by atoms with Gasteiger partial charge in [0, 0.05) is 17.4 Å². The molecule has 0 aromatic heterocycles. The van der Waals surface area contributed by atoms with Crippen LogP contribution in [0.15, 0.2) is 42.5 Å². The predicted octanol–water partition coefficient (Wildman–Crippen LogP) is 5.30. The van der Waals surface area contributed by atoms with Crippen LogP contribution in [0.25, 0.3) is 0 Å². The van der Waals surface area contributed by atoms with Gasteiger partial charge in [-0.1, -0.05) is 52.0 Å². The summed E-state index contributed by atoms with van der Waals surface area (Å²) in [5.74, 6) is 0.698. The second kappa shape index (κ2) is 8.27. The number of carbonyl (C=O) groups excluding carboxylic acids is 2. The predicted molar refractivity (Wildman–Crippen MR) is 117 cm³/mol. The van der Waals surface area contributed by atoms with E-state index in [1.54, 1.807) is 19.2 Å². The van der Waals surface area contributed by atoms with Crippen molar-refractivity contribution in [3.05, 3.63) is 53.6 Å². The molecule has 5 nitrogen and oxygen atoms in total. The number of methoxy groups -OCH3 is 1. The number of benzene rings is 2. The standard InChI is InChI=1S/C24H30N2O3/c1-15(2)19-10-7-11-20(16(3)4)21(19)26-23(28)24(12-13-24)22(27)25-17-8-6-9-18(14-17)29-5/h6-11,14-16H,12-13H2,1-5H3,(H,25,27)(H,26,28). The third-order valence-electron chi connectivity index (χ3n) is 5.56. The van der Waals surface area contributed by atoms with Crippen LogP contribution in [0.3, 0.4) is 0 Å². The largest absolute Gasteiger partial charge is 0.497 e. The minimum atomic E-state index is -1.01. The van der Waals surface area contributed by atoms with Gasteiger partial charge in [0.05, 0.1) is 7.11 Å². The molecule has 3 rings (SSSR count). The van der Waals surface area contributed by atoms with Gasteiger partial charge in [0.1, 0.15) is 11.2 Å². The van der Waals surface area contributed by atoms with Gasteiger partial charge in [0.2, 0.25) is 11.8 Å². The fourth-order valence-corrected chi connectivity index (χ4v) is 3.56. The summed E-state index contributed by atoms with van der Waals surface area (Å²) in [4.78, 5) is 26.2. The molecule has 2 aromatic carbocycles. The Labute approximate surface area is 172 Å². The fraction of sp³-hybridized carbons (Fsp3) is 0.417. The number of rotatable bonds is 7. The van der Waals surface area contributed by atoms with Crippen LogP contribution in [0.5, 0.6) is 5.75 Å². The Morgan fingerprint density at radius 2 is 1.45 bits per heavy atom. The van der Waals surface area contributed by atoms with Crippen LogP contribution < -0.4 is 15.4 Å². The normalized spacial score (nSPS) is 14.6. The second-order valence-corrected chi connectivity index (χ2v) is 8.34. The van der Waals surface area contributed by atoms with E-state index < -0.39 is 5.41 Å². The number of ether oxygens (including phenoxy) is 1. The summed E-state index contributed by atoms with van der Waals surface area (Å²) >= 11 is 0. The molecule has 5 heteroatoms. The Morgan fingerprint density at radius 1 is 0.897 bits per heavy atom. The minimum absolute atomic E-state index is 0.229. The maximum atomic E-state index is 13.2. The first kappa shape index (κ1) is 20.9. The van der Waals surface area contributed by atoms with Crippen molar-refractivity contribution in [3.63, 3.8) is 0 Å². The molecule has 0 saturated heterocycles. The van der Waals surface area contributed by atoms with Gasteiger partial charge in [-0.3, -0.25) is 9.59 Å². The van der Waals surface area contributed by atoms with Gasteiger partial charge in [0.15, 0.2) is 0 Å². The zero-order valence-corrected chi connectivity index (χ0v) is 17.8. The Hall–Kier alpha value is -2.82. The molecule has 1 aliphatic rings. The molecule has 0 unspecified atom stereocenters. The first-order valence-electron chi connectivity index (χ1n) is 10.2. The van der Waals surface area contributed by atoms with Crippen molar-refractivity contribution in [2.75, 3.05) is 17.7 Å². The van der Waals surface area contributed by atoms with E-state index in [4.69, 9.17) is 4.74 Å². The highest BCUT2D eigenvalue weighted by Gasteiger charge is 2.56. The van der Waals surface area contributed by atoms with E-state index in [1.807, 2.05) is 30.3 Å². The molecule has 2 amide bonds. The lowest BCUT2D eigenvalue weighted by Gasteiger charge is -2.22. The van der Waals surface area contributed by atoms with E-state index >= 15 is 0 Å². The average Bonchev–Trinajstić information content (AvgIpc) is 3.50. The lowest BCUT2D eigenvalue weighted by atomic mass is 9.92. The van der Waals surface area contributed by atoms with Crippen molar-refractivity contribution in [2.45, 2.75) is 52.4 Å². The summed E-state index contributed by atoms with van der Waals surface area (Å²) in [6.45, 7) is 8.43. The van der Waals surface area contributed by atoms with Crippen LogP contribution in [0, 0.1) is 5.41 Å².